The molecule has 6 nitrogen and oxygen atoms in total. The van der Waals surface area contributed by atoms with Gasteiger partial charge in [0.15, 0.2) is 0 Å². The maximum absolute atomic E-state index is 12.1. The van der Waals surface area contributed by atoms with Gasteiger partial charge in [-0.15, -0.1) is 0 Å². The van der Waals surface area contributed by atoms with Crippen molar-refractivity contribution in [3.8, 4) is 0 Å². The van der Waals surface area contributed by atoms with Crippen molar-refractivity contribution in [1.82, 2.24) is 4.90 Å². The number of hydrogen-bond donors (Lipinski definition) is 1. The highest BCUT2D eigenvalue weighted by Crippen LogP contribution is 2.42. The summed E-state index contributed by atoms with van der Waals surface area (Å²) in [6.45, 7) is 6.87. The van der Waals surface area contributed by atoms with Crippen LogP contribution in [0.1, 0.15) is 33.6 Å². The van der Waals surface area contributed by atoms with E-state index >= 15 is 0 Å². The van der Waals surface area contributed by atoms with E-state index < -0.39 is 23.7 Å². The molecule has 2 rings (SSSR count). The van der Waals surface area contributed by atoms with Gasteiger partial charge in [0.05, 0.1) is 6.61 Å². The minimum atomic E-state index is -0.977. The third-order valence-corrected chi connectivity index (χ3v) is 3.61. The van der Waals surface area contributed by atoms with Crippen LogP contribution in [0.4, 0.5) is 4.79 Å². The largest absolute Gasteiger partial charge is 0.480 e. The normalized spacial score (nSPS) is 30.9. The predicted octanol–water partition coefficient (Wildman–Crippen LogP) is 1.49. The van der Waals surface area contributed by atoms with Crippen LogP contribution in [0.3, 0.4) is 0 Å². The first-order chi connectivity index (χ1) is 8.72. The summed E-state index contributed by atoms with van der Waals surface area (Å²) >= 11 is 0. The Labute approximate surface area is 112 Å². The Morgan fingerprint density at radius 3 is 2.58 bits per heavy atom. The minimum absolute atomic E-state index is 0.208. The lowest BCUT2D eigenvalue weighted by molar-refractivity contribution is -0.142. The van der Waals surface area contributed by atoms with E-state index in [-0.39, 0.29) is 5.41 Å². The lowest BCUT2D eigenvalue weighted by atomic mass is 9.85. The van der Waals surface area contributed by atoms with Crippen molar-refractivity contribution in [3.63, 3.8) is 0 Å². The summed E-state index contributed by atoms with van der Waals surface area (Å²) in [5.41, 5.74) is -0.831. The molecule has 6 heteroatoms. The van der Waals surface area contributed by atoms with Crippen molar-refractivity contribution in [3.05, 3.63) is 0 Å². The Morgan fingerprint density at radius 2 is 2.11 bits per heavy atom. The second-order valence-electron chi connectivity index (χ2n) is 6.47. The zero-order valence-electron chi connectivity index (χ0n) is 11.6. The number of likely N-dealkylation sites (tertiary alicyclic amines) is 1. The van der Waals surface area contributed by atoms with E-state index in [0.717, 1.165) is 6.42 Å². The fourth-order valence-electron chi connectivity index (χ4n) is 2.72. The van der Waals surface area contributed by atoms with Gasteiger partial charge in [-0.3, -0.25) is 4.90 Å². The summed E-state index contributed by atoms with van der Waals surface area (Å²) < 4.78 is 10.7. The first-order valence-electron chi connectivity index (χ1n) is 6.53. The fourth-order valence-corrected chi connectivity index (χ4v) is 2.72. The van der Waals surface area contributed by atoms with Crippen molar-refractivity contribution >= 4 is 12.1 Å². The number of carbonyl (C=O) groups excluding carboxylic acids is 1. The van der Waals surface area contributed by atoms with Gasteiger partial charge in [-0.25, -0.2) is 9.59 Å². The molecule has 0 aromatic heterocycles. The molecule has 2 saturated heterocycles. The number of ether oxygens (including phenoxy) is 2. The number of rotatable bonds is 1. The van der Waals surface area contributed by atoms with Gasteiger partial charge in [0.1, 0.15) is 11.6 Å². The van der Waals surface area contributed by atoms with E-state index in [9.17, 15) is 14.7 Å². The molecular weight excluding hydrogens is 250 g/mol. The topological polar surface area (TPSA) is 76.1 Å². The van der Waals surface area contributed by atoms with E-state index in [1.54, 1.807) is 20.8 Å². The van der Waals surface area contributed by atoms with Crippen molar-refractivity contribution in [2.24, 2.45) is 5.41 Å². The Balaban J connectivity index is 2.13. The van der Waals surface area contributed by atoms with Crippen molar-refractivity contribution in [2.75, 3.05) is 19.8 Å². The SMILES string of the molecule is CC(C)(C)OC(=O)N1C[C@]2(CCOC2)C[C@H]1C(=O)O. The molecule has 0 aromatic rings. The maximum atomic E-state index is 12.1. The summed E-state index contributed by atoms with van der Waals surface area (Å²) in [6.07, 6.45) is 0.696. The molecular formula is C13H21NO5. The quantitative estimate of drug-likeness (QED) is 0.782. The van der Waals surface area contributed by atoms with Gasteiger partial charge in [-0.1, -0.05) is 0 Å². The van der Waals surface area contributed by atoms with Crippen LogP contribution in [0.25, 0.3) is 0 Å². The molecule has 0 unspecified atom stereocenters. The number of amides is 1. The van der Waals surface area contributed by atoms with E-state index in [1.807, 2.05) is 0 Å². The highest BCUT2D eigenvalue weighted by atomic mass is 16.6. The van der Waals surface area contributed by atoms with Crippen LogP contribution < -0.4 is 0 Å². The number of nitrogens with zero attached hydrogens (tertiary/aromatic N) is 1. The Hall–Kier alpha value is -1.30. The molecule has 2 aliphatic heterocycles. The summed E-state index contributed by atoms with van der Waals surface area (Å²) in [5.74, 6) is -0.977. The zero-order chi connectivity index (χ0) is 14.3. The molecule has 0 aromatic carbocycles. The number of carboxylic acid groups (broad SMARTS) is 1. The van der Waals surface area contributed by atoms with Gasteiger partial charge in [0, 0.05) is 18.6 Å². The molecule has 1 amide bonds. The highest BCUT2D eigenvalue weighted by molar-refractivity contribution is 5.81. The monoisotopic (exact) mass is 271 g/mol. The van der Waals surface area contributed by atoms with Gasteiger partial charge >= 0.3 is 12.1 Å². The lowest BCUT2D eigenvalue weighted by Gasteiger charge is -2.27. The minimum Gasteiger partial charge on any atom is -0.480 e. The van der Waals surface area contributed by atoms with Crippen molar-refractivity contribution in [1.29, 1.82) is 0 Å². The molecule has 2 fully saturated rings. The molecule has 0 aliphatic carbocycles. The standard InChI is InChI=1S/C13H21NO5/c1-12(2,3)19-11(17)14-7-13(4-5-18-8-13)6-9(14)10(15)16/h9H,4-8H2,1-3H3,(H,15,16)/t9-,13-/m0/s1. The van der Waals surface area contributed by atoms with E-state index in [4.69, 9.17) is 9.47 Å². The molecule has 2 atom stereocenters. The van der Waals surface area contributed by atoms with E-state index in [2.05, 4.69) is 0 Å². The average Bonchev–Trinajstić information content (AvgIpc) is 2.84. The summed E-state index contributed by atoms with van der Waals surface area (Å²) in [5, 5.41) is 9.28. The predicted molar refractivity (Wildman–Crippen MR) is 66.8 cm³/mol. The first-order valence-corrected chi connectivity index (χ1v) is 6.53. The summed E-state index contributed by atoms with van der Waals surface area (Å²) in [7, 11) is 0. The smallest absolute Gasteiger partial charge is 0.411 e. The third kappa shape index (κ3) is 3.00. The summed E-state index contributed by atoms with van der Waals surface area (Å²) in [6, 6.07) is -0.809. The molecule has 19 heavy (non-hydrogen) atoms. The van der Waals surface area contributed by atoms with E-state index in [1.165, 1.54) is 4.90 Å². The van der Waals surface area contributed by atoms with Crippen LogP contribution >= 0.6 is 0 Å². The Bertz CT molecular complexity index is 381. The molecule has 1 N–H and O–H groups in total. The second kappa shape index (κ2) is 4.67. The third-order valence-electron chi connectivity index (χ3n) is 3.61. The maximum Gasteiger partial charge on any atom is 0.411 e. The van der Waals surface area contributed by atoms with Gasteiger partial charge in [-0.2, -0.15) is 0 Å². The highest BCUT2D eigenvalue weighted by Gasteiger charge is 2.51. The van der Waals surface area contributed by atoms with Gasteiger partial charge < -0.3 is 14.6 Å². The summed E-state index contributed by atoms with van der Waals surface area (Å²) in [4.78, 5) is 24.8. The van der Waals surface area contributed by atoms with Crippen LogP contribution in [0.5, 0.6) is 0 Å². The lowest BCUT2D eigenvalue weighted by Crippen LogP contribution is -2.43. The second-order valence-corrected chi connectivity index (χ2v) is 6.47. The number of carbonyl (C=O) groups is 2. The van der Waals surface area contributed by atoms with Crippen LogP contribution in [0.15, 0.2) is 0 Å². The molecule has 1 spiro atoms. The van der Waals surface area contributed by atoms with Crippen molar-refractivity contribution in [2.45, 2.75) is 45.3 Å². The molecule has 2 heterocycles. The van der Waals surface area contributed by atoms with Crippen LogP contribution in [0.2, 0.25) is 0 Å². The van der Waals surface area contributed by atoms with Crippen LogP contribution in [-0.4, -0.2) is 53.5 Å². The van der Waals surface area contributed by atoms with Crippen LogP contribution in [0, 0.1) is 5.41 Å². The first kappa shape index (κ1) is 14.1. The zero-order valence-corrected chi connectivity index (χ0v) is 11.6. The Morgan fingerprint density at radius 1 is 1.42 bits per heavy atom. The number of carboxylic acids is 1. The number of hydrogen-bond acceptors (Lipinski definition) is 4. The van der Waals surface area contributed by atoms with E-state index in [0.29, 0.717) is 26.2 Å². The van der Waals surface area contributed by atoms with Gasteiger partial charge in [0.25, 0.3) is 0 Å². The molecule has 0 saturated carbocycles. The molecule has 108 valence electrons. The molecule has 0 radical (unpaired) electrons. The van der Waals surface area contributed by atoms with Crippen molar-refractivity contribution < 1.29 is 24.2 Å². The Kier molecular flexibility index (Phi) is 3.47. The van der Waals surface area contributed by atoms with Crippen LogP contribution in [-0.2, 0) is 14.3 Å². The average molecular weight is 271 g/mol. The molecule has 0 bridgehead atoms. The fraction of sp³-hybridized carbons (Fsp3) is 0.846. The molecule has 2 aliphatic rings. The van der Waals surface area contributed by atoms with Gasteiger partial charge in [0.2, 0.25) is 0 Å². The number of aliphatic carboxylic acids is 1. The van der Waals surface area contributed by atoms with Gasteiger partial charge in [-0.05, 0) is 33.6 Å².